The quantitative estimate of drug-likeness (QED) is 0.889. The van der Waals surface area contributed by atoms with Gasteiger partial charge in [-0.05, 0) is 12.5 Å². The number of nitrogens with one attached hydrogen (secondary N) is 1. The van der Waals surface area contributed by atoms with E-state index in [2.05, 4.69) is 61.4 Å². The van der Waals surface area contributed by atoms with Crippen LogP contribution in [0.5, 0.6) is 0 Å². The lowest BCUT2D eigenvalue weighted by atomic mass is 9.84. The molecule has 1 aromatic carbocycles. The molecule has 1 aromatic heterocycles. The molecule has 1 N–H and O–H groups in total. The van der Waals surface area contributed by atoms with Crippen LogP contribution in [0.25, 0.3) is 0 Å². The Bertz CT molecular complexity index is 488. The first kappa shape index (κ1) is 13.2. The monoisotopic (exact) mass is 260 g/mol. The van der Waals surface area contributed by atoms with E-state index >= 15 is 0 Å². The van der Waals surface area contributed by atoms with Crippen LogP contribution in [0.1, 0.15) is 30.0 Å². The van der Waals surface area contributed by atoms with Crippen molar-refractivity contribution in [1.82, 2.24) is 10.3 Å². The van der Waals surface area contributed by atoms with Gasteiger partial charge in [0.15, 0.2) is 0 Å². The highest BCUT2D eigenvalue weighted by molar-refractivity contribution is 7.09. The number of hydrogen-bond donors (Lipinski definition) is 1. The van der Waals surface area contributed by atoms with Crippen LogP contribution in [-0.2, 0) is 12.0 Å². The minimum absolute atomic E-state index is 0.153. The zero-order chi connectivity index (χ0) is 13.0. The van der Waals surface area contributed by atoms with E-state index < -0.39 is 0 Å². The van der Waals surface area contributed by atoms with E-state index in [1.807, 2.05) is 5.51 Å². The summed E-state index contributed by atoms with van der Waals surface area (Å²) in [5.41, 5.74) is 4.58. The van der Waals surface area contributed by atoms with Crippen LogP contribution in [0, 0.1) is 6.92 Å². The zero-order valence-electron chi connectivity index (χ0n) is 11.2. The molecule has 0 spiro atoms. The predicted molar refractivity (Wildman–Crippen MR) is 78.0 cm³/mol. The number of aryl methyl sites for hydroxylation is 1. The Kier molecular flexibility index (Phi) is 4.15. The number of thiazole rings is 1. The SMILES string of the molecule is Cc1ncsc1CNCC(C)(C)c1ccccc1. The van der Waals surface area contributed by atoms with Gasteiger partial charge in [-0.2, -0.15) is 0 Å². The fourth-order valence-corrected chi connectivity index (χ4v) is 2.72. The van der Waals surface area contributed by atoms with E-state index in [1.165, 1.54) is 10.4 Å². The summed E-state index contributed by atoms with van der Waals surface area (Å²) in [5, 5.41) is 3.54. The van der Waals surface area contributed by atoms with Gasteiger partial charge in [0.1, 0.15) is 0 Å². The Morgan fingerprint density at radius 1 is 1.22 bits per heavy atom. The molecule has 18 heavy (non-hydrogen) atoms. The average molecular weight is 260 g/mol. The van der Waals surface area contributed by atoms with Gasteiger partial charge in [-0.3, -0.25) is 0 Å². The van der Waals surface area contributed by atoms with E-state index in [-0.39, 0.29) is 5.41 Å². The number of nitrogens with zero attached hydrogens (tertiary/aromatic N) is 1. The molecule has 96 valence electrons. The fourth-order valence-electron chi connectivity index (χ4n) is 1.98. The van der Waals surface area contributed by atoms with Crippen LogP contribution < -0.4 is 5.32 Å². The Morgan fingerprint density at radius 2 is 1.94 bits per heavy atom. The van der Waals surface area contributed by atoms with Crippen molar-refractivity contribution in [3.05, 3.63) is 52.0 Å². The minimum atomic E-state index is 0.153. The highest BCUT2D eigenvalue weighted by Crippen LogP contribution is 2.22. The average Bonchev–Trinajstić information content (AvgIpc) is 2.76. The molecule has 2 aromatic rings. The first-order valence-corrected chi connectivity index (χ1v) is 7.13. The second kappa shape index (κ2) is 5.63. The summed E-state index contributed by atoms with van der Waals surface area (Å²) in [6.07, 6.45) is 0. The molecule has 0 aliphatic rings. The lowest BCUT2D eigenvalue weighted by molar-refractivity contribution is 0.470. The summed E-state index contributed by atoms with van der Waals surface area (Å²) in [6.45, 7) is 8.49. The van der Waals surface area contributed by atoms with E-state index in [4.69, 9.17) is 0 Å². The third-order valence-corrected chi connectivity index (χ3v) is 4.19. The minimum Gasteiger partial charge on any atom is -0.311 e. The molecule has 0 saturated heterocycles. The van der Waals surface area contributed by atoms with Crippen molar-refractivity contribution < 1.29 is 0 Å². The van der Waals surface area contributed by atoms with Gasteiger partial charge in [0, 0.05) is 23.4 Å². The molecule has 0 aliphatic heterocycles. The van der Waals surface area contributed by atoms with Crippen LogP contribution in [0.15, 0.2) is 35.8 Å². The lowest BCUT2D eigenvalue weighted by Crippen LogP contribution is -2.32. The maximum absolute atomic E-state index is 4.27. The van der Waals surface area contributed by atoms with Crippen LogP contribution in [0.3, 0.4) is 0 Å². The molecule has 1 heterocycles. The van der Waals surface area contributed by atoms with E-state index in [0.29, 0.717) is 0 Å². The standard InChI is InChI=1S/C15H20N2S/c1-12-14(18-11-17-12)9-16-10-15(2,3)13-7-5-4-6-8-13/h4-8,11,16H,9-10H2,1-3H3. The lowest BCUT2D eigenvalue weighted by Gasteiger charge is -2.25. The zero-order valence-corrected chi connectivity index (χ0v) is 12.1. The van der Waals surface area contributed by atoms with Gasteiger partial charge in [-0.15, -0.1) is 11.3 Å². The van der Waals surface area contributed by atoms with Crippen molar-refractivity contribution in [3.8, 4) is 0 Å². The largest absolute Gasteiger partial charge is 0.311 e. The molecule has 2 rings (SSSR count). The molecular weight excluding hydrogens is 240 g/mol. The van der Waals surface area contributed by atoms with E-state index in [1.54, 1.807) is 11.3 Å². The van der Waals surface area contributed by atoms with Gasteiger partial charge in [0.2, 0.25) is 0 Å². The molecule has 0 aliphatic carbocycles. The first-order valence-electron chi connectivity index (χ1n) is 6.25. The van der Waals surface area contributed by atoms with E-state index in [9.17, 15) is 0 Å². The van der Waals surface area contributed by atoms with Crippen molar-refractivity contribution in [2.75, 3.05) is 6.54 Å². The molecule has 0 atom stereocenters. The summed E-state index contributed by atoms with van der Waals surface area (Å²) in [7, 11) is 0. The summed E-state index contributed by atoms with van der Waals surface area (Å²) in [6, 6.07) is 10.7. The number of rotatable bonds is 5. The second-order valence-corrected chi connectivity index (χ2v) is 6.15. The summed E-state index contributed by atoms with van der Waals surface area (Å²) < 4.78 is 0. The van der Waals surface area contributed by atoms with Crippen molar-refractivity contribution in [2.24, 2.45) is 0 Å². The van der Waals surface area contributed by atoms with E-state index in [0.717, 1.165) is 18.8 Å². The fraction of sp³-hybridized carbons (Fsp3) is 0.400. The van der Waals surface area contributed by atoms with Gasteiger partial charge in [0.25, 0.3) is 0 Å². The molecule has 0 radical (unpaired) electrons. The molecule has 0 saturated carbocycles. The third-order valence-electron chi connectivity index (χ3n) is 3.25. The third kappa shape index (κ3) is 3.18. The maximum Gasteiger partial charge on any atom is 0.0798 e. The highest BCUT2D eigenvalue weighted by atomic mass is 32.1. The Morgan fingerprint density at radius 3 is 2.56 bits per heavy atom. The van der Waals surface area contributed by atoms with Crippen LogP contribution >= 0.6 is 11.3 Å². The van der Waals surface area contributed by atoms with Crippen molar-refractivity contribution in [2.45, 2.75) is 32.7 Å². The van der Waals surface area contributed by atoms with Crippen molar-refractivity contribution in [1.29, 1.82) is 0 Å². The first-order chi connectivity index (χ1) is 8.59. The highest BCUT2D eigenvalue weighted by Gasteiger charge is 2.19. The van der Waals surface area contributed by atoms with Gasteiger partial charge in [-0.25, -0.2) is 4.98 Å². The van der Waals surface area contributed by atoms with Gasteiger partial charge in [0.05, 0.1) is 11.2 Å². The smallest absolute Gasteiger partial charge is 0.0798 e. The van der Waals surface area contributed by atoms with Gasteiger partial charge in [-0.1, -0.05) is 44.2 Å². The van der Waals surface area contributed by atoms with Crippen molar-refractivity contribution in [3.63, 3.8) is 0 Å². The molecule has 0 amide bonds. The Balaban J connectivity index is 1.92. The summed E-state index contributed by atoms with van der Waals surface area (Å²) >= 11 is 1.72. The summed E-state index contributed by atoms with van der Waals surface area (Å²) in [4.78, 5) is 5.60. The summed E-state index contributed by atoms with van der Waals surface area (Å²) in [5.74, 6) is 0. The predicted octanol–water partition coefficient (Wildman–Crippen LogP) is 3.52. The number of aromatic nitrogens is 1. The molecule has 2 nitrogen and oxygen atoms in total. The van der Waals surface area contributed by atoms with Crippen LogP contribution in [0.2, 0.25) is 0 Å². The Hall–Kier alpha value is -1.19. The number of benzene rings is 1. The van der Waals surface area contributed by atoms with Gasteiger partial charge < -0.3 is 5.32 Å². The van der Waals surface area contributed by atoms with Crippen LogP contribution in [0.4, 0.5) is 0 Å². The normalized spacial score (nSPS) is 11.7. The topological polar surface area (TPSA) is 24.9 Å². The van der Waals surface area contributed by atoms with Crippen LogP contribution in [-0.4, -0.2) is 11.5 Å². The number of hydrogen-bond acceptors (Lipinski definition) is 3. The van der Waals surface area contributed by atoms with Crippen molar-refractivity contribution >= 4 is 11.3 Å². The second-order valence-electron chi connectivity index (χ2n) is 5.21. The molecule has 0 bridgehead atoms. The Labute approximate surface area is 113 Å². The maximum atomic E-state index is 4.27. The molecule has 3 heteroatoms. The molecular formula is C15H20N2S. The molecule has 0 fully saturated rings. The molecule has 0 unspecified atom stereocenters. The van der Waals surface area contributed by atoms with Gasteiger partial charge >= 0.3 is 0 Å².